The molecular formula is C89H167N3O2. The standard InChI is InChI=1S/C89H167N3O2/c1-7-11-15-19-23-27-31-35-39-43-47-51-55-59-63-67-73-91(74-68-64-60-56-52-48-44-40-36-32-28-24-20-16-12-8-2)82-84-77-85(79-87(78-84)90-81-86-71-72-88(93-5)80-89(86)94-6)83-92(75-69-65-61-57-53-49-45-41-37-33-29-25-21-17-13-9-3)76-70-66-62-58-54-50-46-42-38-34-30-26-22-18-14-10-4/h71-72,77-80,90H,7-70,73-76,81-83H2,1-6H3. The summed E-state index contributed by atoms with van der Waals surface area (Å²) in [6, 6.07) is 13.9. The molecule has 0 amide bonds. The Bertz CT molecular complexity index is 1650. The molecular weight excluding hydrogens is 1140 g/mol. The van der Waals surface area contributed by atoms with Crippen LogP contribution >= 0.6 is 0 Å². The molecule has 0 spiro atoms. The van der Waals surface area contributed by atoms with Crippen molar-refractivity contribution >= 4 is 5.69 Å². The van der Waals surface area contributed by atoms with Crippen molar-refractivity contribution in [2.45, 2.75) is 458 Å². The molecule has 0 heterocycles. The number of nitrogens with one attached hydrogen (secondary N) is 1. The highest BCUT2D eigenvalue weighted by molar-refractivity contribution is 5.51. The molecule has 5 heteroatoms. The lowest BCUT2D eigenvalue weighted by molar-refractivity contribution is 0.248. The fourth-order valence-electron chi connectivity index (χ4n) is 14.8. The topological polar surface area (TPSA) is 37.0 Å². The van der Waals surface area contributed by atoms with Crippen molar-refractivity contribution in [3.63, 3.8) is 0 Å². The van der Waals surface area contributed by atoms with E-state index in [1.54, 1.807) is 14.2 Å². The average molecular weight is 1310 g/mol. The number of rotatable bonds is 77. The van der Waals surface area contributed by atoms with Gasteiger partial charge >= 0.3 is 0 Å². The summed E-state index contributed by atoms with van der Waals surface area (Å²) in [5, 5.41) is 3.95. The number of hydrogen-bond acceptors (Lipinski definition) is 5. The Hall–Kier alpha value is -2.24. The number of anilines is 1. The van der Waals surface area contributed by atoms with E-state index in [2.05, 4.69) is 73.1 Å². The average Bonchev–Trinajstić information content (AvgIpc) is 1.68. The fraction of sp³-hybridized carbons (Fsp3) is 0.865. The second kappa shape index (κ2) is 70.6. The molecule has 0 bridgehead atoms. The van der Waals surface area contributed by atoms with Crippen LogP contribution in [0.1, 0.15) is 455 Å². The van der Waals surface area contributed by atoms with E-state index in [0.717, 1.165) is 36.7 Å². The second-order valence-corrected chi connectivity index (χ2v) is 30.3. The van der Waals surface area contributed by atoms with Crippen molar-refractivity contribution in [3.05, 3.63) is 53.1 Å². The van der Waals surface area contributed by atoms with Crippen LogP contribution in [0, 0.1) is 0 Å². The van der Waals surface area contributed by atoms with Crippen LogP contribution in [0.4, 0.5) is 5.69 Å². The molecule has 0 saturated carbocycles. The molecule has 94 heavy (non-hydrogen) atoms. The van der Waals surface area contributed by atoms with E-state index in [4.69, 9.17) is 9.47 Å². The smallest absolute Gasteiger partial charge is 0.127 e. The number of benzene rings is 2. The lowest BCUT2D eigenvalue weighted by atomic mass is 10.0. The van der Waals surface area contributed by atoms with Crippen molar-refractivity contribution in [2.24, 2.45) is 0 Å². The van der Waals surface area contributed by atoms with Crippen LogP contribution in [-0.2, 0) is 19.6 Å². The molecule has 1 N–H and O–H groups in total. The highest BCUT2D eigenvalue weighted by atomic mass is 16.5. The number of nitrogens with zero attached hydrogens (tertiary/aromatic N) is 2. The predicted molar refractivity (Wildman–Crippen MR) is 422 cm³/mol. The maximum Gasteiger partial charge on any atom is 0.127 e. The minimum absolute atomic E-state index is 0.722. The van der Waals surface area contributed by atoms with Gasteiger partial charge in [0.05, 0.1) is 14.2 Å². The maximum atomic E-state index is 5.92. The molecule has 0 saturated heterocycles. The first-order chi connectivity index (χ1) is 46.6. The summed E-state index contributed by atoms with van der Waals surface area (Å²) in [4.78, 5) is 5.74. The van der Waals surface area contributed by atoms with Crippen molar-refractivity contribution in [1.29, 1.82) is 0 Å². The first kappa shape index (κ1) is 87.8. The highest BCUT2D eigenvalue weighted by Crippen LogP contribution is 2.28. The summed E-state index contributed by atoms with van der Waals surface area (Å²) < 4.78 is 11.5. The molecule has 0 aliphatic heterocycles. The summed E-state index contributed by atoms with van der Waals surface area (Å²) in [5.41, 5.74) is 5.39. The van der Waals surface area contributed by atoms with E-state index in [1.807, 2.05) is 6.07 Å². The Kier molecular flexibility index (Phi) is 66.0. The number of hydrogen-bond donors (Lipinski definition) is 1. The van der Waals surface area contributed by atoms with Gasteiger partial charge in [-0.2, -0.15) is 0 Å². The van der Waals surface area contributed by atoms with Gasteiger partial charge in [0.2, 0.25) is 0 Å². The Balaban J connectivity index is 2.15. The molecule has 0 aliphatic rings. The largest absolute Gasteiger partial charge is 0.497 e. The maximum absolute atomic E-state index is 5.92. The summed E-state index contributed by atoms with van der Waals surface area (Å²) in [7, 11) is 3.53. The first-order valence-corrected chi connectivity index (χ1v) is 43.1. The summed E-state index contributed by atoms with van der Waals surface area (Å²) >= 11 is 0. The van der Waals surface area contributed by atoms with Gasteiger partial charge in [0, 0.05) is 37.0 Å². The SMILES string of the molecule is CCCCCCCCCCCCCCCCCCN(CCCCCCCCCCCCCCCCCC)Cc1cc(CN(CCCCCCCCCCCCCCCCCC)CCCCCCCCCCCCCCCCCC)cc(NCc2ccc(OC)cc2OC)c1. The van der Waals surface area contributed by atoms with Crippen LogP contribution in [0.15, 0.2) is 36.4 Å². The molecule has 0 fully saturated rings. The number of unbranched alkanes of at least 4 members (excludes halogenated alkanes) is 60. The molecule has 2 aromatic carbocycles. The normalized spacial score (nSPS) is 11.7. The molecule has 0 radical (unpaired) electrons. The van der Waals surface area contributed by atoms with E-state index in [1.165, 1.54) is 454 Å². The van der Waals surface area contributed by atoms with Crippen LogP contribution in [0.3, 0.4) is 0 Å². The van der Waals surface area contributed by atoms with Gasteiger partial charge in [-0.3, -0.25) is 9.80 Å². The summed E-state index contributed by atoms with van der Waals surface area (Å²) in [5.74, 6) is 1.73. The summed E-state index contributed by atoms with van der Waals surface area (Å²) in [6.07, 6.45) is 91.2. The van der Waals surface area contributed by atoms with Crippen LogP contribution in [0.5, 0.6) is 11.5 Å². The lowest BCUT2D eigenvalue weighted by Gasteiger charge is -2.26. The second-order valence-electron chi connectivity index (χ2n) is 30.3. The lowest BCUT2D eigenvalue weighted by Crippen LogP contribution is -2.27. The zero-order valence-electron chi connectivity index (χ0n) is 64.9. The molecule has 2 rings (SSSR count). The van der Waals surface area contributed by atoms with Gasteiger partial charge < -0.3 is 14.8 Å². The molecule has 0 unspecified atom stereocenters. The van der Waals surface area contributed by atoms with Gasteiger partial charge in [0.1, 0.15) is 11.5 Å². The molecule has 0 atom stereocenters. The third-order valence-corrected chi connectivity index (χ3v) is 21.2. The minimum Gasteiger partial charge on any atom is -0.497 e. The van der Waals surface area contributed by atoms with Crippen molar-refractivity contribution in [3.8, 4) is 11.5 Å². The quantitative estimate of drug-likeness (QED) is 0.0668. The van der Waals surface area contributed by atoms with Gasteiger partial charge in [0.25, 0.3) is 0 Å². The zero-order valence-corrected chi connectivity index (χ0v) is 64.9. The monoisotopic (exact) mass is 1310 g/mol. The Morgan fingerprint density at radius 1 is 0.255 bits per heavy atom. The van der Waals surface area contributed by atoms with Gasteiger partial charge in [-0.05, 0) is 87.3 Å². The third-order valence-electron chi connectivity index (χ3n) is 21.2. The molecule has 550 valence electrons. The number of ether oxygens (including phenoxy) is 2. The number of methoxy groups -OCH3 is 2. The van der Waals surface area contributed by atoms with Crippen LogP contribution in [0.2, 0.25) is 0 Å². The van der Waals surface area contributed by atoms with E-state index in [9.17, 15) is 0 Å². The van der Waals surface area contributed by atoms with E-state index in [-0.39, 0.29) is 0 Å². The Morgan fingerprint density at radius 3 is 0.691 bits per heavy atom. The molecule has 0 aromatic heterocycles. The van der Waals surface area contributed by atoms with Crippen molar-refractivity contribution in [1.82, 2.24) is 9.80 Å². The van der Waals surface area contributed by atoms with Crippen LogP contribution < -0.4 is 14.8 Å². The Labute approximate surface area is 590 Å². The highest BCUT2D eigenvalue weighted by Gasteiger charge is 2.14. The first-order valence-electron chi connectivity index (χ1n) is 43.1. The van der Waals surface area contributed by atoms with E-state index < -0.39 is 0 Å². The molecule has 2 aromatic rings. The van der Waals surface area contributed by atoms with Gasteiger partial charge in [0.15, 0.2) is 0 Å². The molecule has 0 aliphatic carbocycles. The van der Waals surface area contributed by atoms with Crippen molar-refractivity contribution < 1.29 is 9.47 Å². The van der Waals surface area contributed by atoms with E-state index >= 15 is 0 Å². The fourth-order valence-corrected chi connectivity index (χ4v) is 14.8. The predicted octanol–water partition coefficient (Wildman–Crippen LogP) is 30.0. The van der Waals surface area contributed by atoms with Gasteiger partial charge in [-0.1, -0.05) is 419 Å². The van der Waals surface area contributed by atoms with Gasteiger partial charge in [-0.25, -0.2) is 0 Å². The van der Waals surface area contributed by atoms with Crippen LogP contribution in [-0.4, -0.2) is 50.2 Å². The summed E-state index contributed by atoms with van der Waals surface area (Å²) in [6.45, 7) is 17.0. The van der Waals surface area contributed by atoms with E-state index in [0.29, 0.717) is 0 Å². The molecule has 5 nitrogen and oxygen atoms in total. The van der Waals surface area contributed by atoms with Crippen molar-refractivity contribution in [2.75, 3.05) is 45.7 Å². The van der Waals surface area contributed by atoms with Crippen LogP contribution in [0.25, 0.3) is 0 Å². The zero-order chi connectivity index (χ0) is 67.2. The Morgan fingerprint density at radius 2 is 0.479 bits per heavy atom. The van der Waals surface area contributed by atoms with Gasteiger partial charge in [-0.15, -0.1) is 0 Å². The third kappa shape index (κ3) is 56.6. The minimum atomic E-state index is 0.722.